The first-order valence-electron chi connectivity index (χ1n) is 6.43. The van der Waals surface area contributed by atoms with Crippen LogP contribution in [0.4, 0.5) is 4.39 Å². The Morgan fingerprint density at radius 1 is 1.47 bits per heavy atom. The van der Waals surface area contributed by atoms with E-state index in [1.807, 2.05) is 0 Å². The Kier molecular flexibility index (Phi) is 7.02. The van der Waals surface area contributed by atoms with E-state index >= 15 is 0 Å². The van der Waals surface area contributed by atoms with Crippen LogP contribution in [0.5, 0.6) is 0 Å². The van der Waals surface area contributed by atoms with Crippen molar-refractivity contribution in [3.63, 3.8) is 0 Å². The molecule has 0 spiro atoms. The van der Waals surface area contributed by atoms with E-state index in [0.29, 0.717) is 25.4 Å². The van der Waals surface area contributed by atoms with Crippen LogP contribution in [-0.2, 0) is 11.3 Å². The number of hydrogen-bond donors (Lipinski definition) is 2. The molecule has 5 heteroatoms. The molecule has 1 amide bonds. The largest absolute Gasteiger partial charge is 0.352 e. The molecule has 3 N–H and O–H groups in total. The number of rotatable bonds is 7. The van der Waals surface area contributed by atoms with Crippen molar-refractivity contribution in [1.29, 1.82) is 0 Å². The van der Waals surface area contributed by atoms with Crippen LogP contribution in [0.2, 0.25) is 0 Å². The summed E-state index contributed by atoms with van der Waals surface area (Å²) < 4.78 is 13.9. The second-order valence-electron chi connectivity index (χ2n) is 4.73. The zero-order chi connectivity index (χ0) is 14.3. The number of hydrogen-bond acceptors (Lipinski definition) is 2. The van der Waals surface area contributed by atoms with Crippen molar-refractivity contribution in [2.45, 2.75) is 32.7 Å². The fourth-order valence-corrected chi connectivity index (χ4v) is 2.15. The molecule has 106 valence electrons. The average Bonchev–Trinajstić information content (AvgIpc) is 2.38. The van der Waals surface area contributed by atoms with Gasteiger partial charge < -0.3 is 11.1 Å². The zero-order valence-electron chi connectivity index (χ0n) is 11.1. The third kappa shape index (κ3) is 6.16. The van der Waals surface area contributed by atoms with Crippen molar-refractivity contribution in [3.05, 3.63) is 34.1 Å². The minimum atomic E-state index is -0.302. The minimum Gasteiger partial charge on any atom is -0.352 e. The van der Waals surface area contributed by atoms with Gasteiger partial charge in [-0.25, -0.2) is 4.39 Å². The van der Waals surface area contributed by atoms with Gasteiger partial charge in [-0.1, -0.05) is 22.9 Å². The van der Waals surface area contributed by atoms with Crippen molar-refractivity contribution < 1.29 is 9.18 Å². The van der Waals surface area contributed by atoms with Gasteiger partial charge in [-0.15, -0.1) is 0 Å². The summed E-state index contributed by atoms with van der Waals surface area (Å²) in [6.07, 6.45) is 2.24. The van der Waals surface area contributed by atoms with Crippen LogP contribution in [-0.4, -0.2) is 12.5 Å². The molecule has 0 aliphatic carbocycles. The van der Waals surface area contributed by atoms with Crippen LogP contribution in [0.1, 0.15) is 31.7 Å². The number of nitrogens with one attached hydrogen (secondary N) is 1. The molecule has 0 heterocycles. The molecular formula is C14H20BrFN2O. The van der Waals surface area contributed by atoms with Gasteiger partial charge in [0.1, 0.15) is 5.82 Å². The molecular weight excluding hydrogens is 311 g/mol. The molecule has 0 radical (unpaired) electrons. The van der Waals surface area contributed by atoms with Gasteiger partial charge in [-0.3, -0.25) is 4.79 Å². The van der Waals surface area contributed by atoms with Gasteiger partial charge in [0.15, 0.2) is 0 Å². The molecule has 0 aromatic heterocycles. The zero-order valence-corrected chi connectivity index (χ0v) is 12.7. The quantitative estimate of drug-likeness (QED) is 0.807. The number of benzene rings is 1. The molecule has 3 nitrogen and oxygen atoms in total. The van der Waals surface area contributed by atoms with Crippen LogP contribution < -0.4 is 11.1 Å². The summed E-state index contributed by atoms with van der Waals surface area (Å²) in [5.74, 6) is 0.140. The number of nitrogens with two attached hydrogens (primary N) is 1. The first-order valence-corrected chi connectivity index (χ1v) is 7.23. The summed E-state index contributed by atoms with van der Waals surface area (Å²) >= 11 is 3.33. The van der Waals surface area contributed by atoms with Gasteiger partial charge in [0.25, 0.3) is 0 Å². The monoisotopic (exact) mass is 330 g/mol. The molecule has 0 fully saturated rings. The third-order valence-electron chi connectivity index (χ3n) is 3.01. The van der Waals surface area contributed by atoms with Crippen LogP contribution in [0.25, 0.3) is 0 Å². The van der Waals surface area contributed by atoms with E-state index in [1.165, 1.54) is 12.1 Å². The highest BCUT2D eigenvalue weighted by Crippen LogP contribution is 2.17. The summed E-state index contributed by atoms with van der Waals surface area (Å²) in [4.78, 5) is 11.7. The molecule has 1 aromatic rings. The maximum Gasteiger partial charge on any atom is 0.220 e. The molecule has 0 saturated heterocycles. The number of carbonyl (C=O) groups is 1. The maximum absolute atomic E-state index is 13.1. The Bertz CT molecular complexity index is 426. The molecule has 0 bridgehead atoms. The summed E-state index contributed by atoms with van der Waals surface area (Å²) in [6, 6.07) is 4.44. The molecule has 0 aliphatic heterocycles. The average molecular weight is 331 g/mol. The van der Waals surface area contributed by atoms with E-state index < -0.39 is 0 Å². The van der Waals surface area contributed by atoms with E-state index in [-0.39, 0.29) is 11.7 Å². The molecule has 0 saturated carbocycles. The Labute approximate surface area is 121 Å². The van der Waals surface area contributed by atoms with E-state index in [2.05, 4.69) is 28.2 Å². The van der Waals surface area contributed by atoms with Gasteiger partial charge in [0.2, 0.25) is 5.91 Å². The van der Waals surface area contributed by atoms with Crippen molar-refractivity contribution in [3.8, 4) is 0 Å². The van der Waals surface area contributed by atoms with Gasteiger partial charge in [0.05, 0.1) is 0 Å². The predicted molar refractivity (Wildman–Crippen MR) is 78.0 cm³/mol. The molecule has 19 heavy (non-hydrogen) atoms. The highest BCUT2D eigenvalue weighted by Gasteiger charge is 2.07. The van der Waals surface area contributed by atoms with Gasteiger partial charge in [0, 0.05) is 17.4 Å². The van der Waals surface area contributed by atoms with Gasteiger partial charge >= 0.3 is 0 Å². The highest BCUT2D eigenvalue weighted by molar-refractivity contribution is 9.10. The third-order valence-corrected chi connectivity index (χ3v) is 3.78. The highest BCUT2D eigenvalue weighted by atomic mass is 79.9. The maximum atomic E-state index is 13.1. The lowest BCUT2D eigenvalue weighted by Crippen LogP contribution is -2.23. The van der Waals surface area contributed by atoms with Crippen LogP contribution in [0.15, 0.2) is 22.7 Å². The van der Waals surface area contributed by atoms with Crippen LogP contribution >= 0.6 is 15.9 Å². The smallest absolute Gasteiger partial charge is 0.220 e. The molecule has 1 atom stereocenters. The van der Waals surface area contributed by atoms with Gasteiger partial charge in [-0.05, 0) is 49.1 Å². The SMILES string of the molecule is CC(CCN)CCC(=O)NCc1cc(F)ccc1Br. The lowest BCUT2D eigenvalue weighted by Gasteiger charge is -2.10. The van der Waals surface area contributed by atoms with Gasteiger partial charge in [-0.2, -0.15) is 0 Å². The van der Waals surface area contributed by atoms with E-state index in [1.54, 1.807) is 6.07 Å². The number of amides is 1. The molecule has 1 unspecified atom stereocenters. The molecule has 1 rings (SSSR count). The number of halogens is 2. The van der Waals surface area contributed by atoms with E-state index in [0.717, 1.165) is 22.9 Å². The Morgan fingerprint density at radius 3 is 2.89 bits per heavy atom. The summed E-state index contributed by atoms with van der Waals surface area (Å²) in [5, 5.41) is 2.80. The Balaban J connectivity index is 2.35. The van der Waals surface area contributed by atoms with Crippen LogP contribution in [0, 0.1) is 11.7 Å². The molecule has 1 aromatic carbocycles. The topological polar surface area (TPSA) is 55.1 Å². The summed E-state index contributed by atoms with van der Waals surface area (Å²) in [7, 11) is 0. The second kappa shape index (κ2) is 8.27. The number of carbonyl (C=O) groups excluding carboxylic acids is 1. The van der Waals surface area contributed by atoms with Crippen molar-refractivity contribution in [2.24, 2.45) is 11.7 Å². The fourth-order valence-electron chi connectivity index (χ4n) is 1.77. The van der Waals surface area contributed by atoms with Crippen molar-refractivity contribution in [2.75, 3.05) is 6.54 Å². The fraction of sp³-hybridized carbons (Fsp3) is 0.500. The van der Waals surface area contributed by atoms with E-state index in [9.17, 15) is 9.18 Å². The Morgan fingerprint density at radius 2 is 2.21 bits per heavy atom. The second-order valence-corrected chi connectivity index (χ2v) is 5.59. The van der Waals surface area contributed by atoms with Crippen LogP contribution in [0.3, 0.4) is 0 Å². The lowest BCUT2D eigenvalue weighted by molar-refractivity contribution is -0.121. The molecule has 0 aliphatic rings. The van der Waals surface area contributed by atoms with Crippen molar-refractivity contribution >= 4 is 21.8 Å². The standard InChI is InChI=1S/C14H20BrFN2O/c1-10(6-7-17)2-5-14(19)18-9-11-8-12(16)3-4-13(11)15/h3-4,8,10H,2,5-7,9,17H2,1H3,(H,18,19). The first-order chi connectivity index (χ1) is 9.02. The predicted octanol–water partition coefficient (Wildman–Crippen LogP) is 2.97. The Hall–Kier alpha value is -0.940. The minimum absolute atomic E-state index is 0.0139. The lowest BCUT2D eigenvalue weighted by atomic mass is 10.0. The van der Waals surface area contributed by atoms with Crippen molar-refractivity contribution in [1.82, 2.24) is 5.32 Å². The summed E-state index contributed by atoms with van der Waals surface area (Å²) in [6.45, 7) is 3.07. The first kappa shape index (κ1) is 16.1. The summed E-state index contributed by atoms with van der Waals surface area (Å²) in [5.41, 5.74) is 6.20. The van der Waals surface area contributed by atoms with E-state index in [4.69, 9.17) is 5.73 Å². The normalized spacial score (nSPS) is 12.2.